The lowest BCUT2D eigenvalue weighted by Gasteiger charge is -2.28. The van der Waals surface area contributed by atoms with Gasteiger partial charge in [-0.05, 0) is 52.2 Å². The molecule has 0 unspecified atom stereocenters. The van der Waals surface area contributed by atoms with Gasteiger partial charge < -0.3 is 30.4 Å². The van der Waals surface area contributed by atoms with Crippen molar-refractivity contribution in [3.63, 3.8) is 0 Å². The molecule has 1 aromatic heterocycles. The van der Waals surface area contributed by atoms with E-state index in [1.165, 1.54) is 6.20 Å². The van der Waals surface area contributed by atoms with Crippen molar-refractivity contribution in [1.82, 2.24) is 20.1 Å². The molecular formula is C20H34N6O5. The fourth-order valence-electron chi connectivity index (χ4n) is 2.67. The lowest BCUT2D eigenvalue weighted by molar-refractivity contribution is 0.0241. The van der Waals surface area contributed by atoms with Gasteiger partial charge in [0, 0.05) is 39.4 Å². The van der Waals surface area contributed by atoms with Gasteiger partial charge in [-0.1, -0.05) is 0 Å². The summed E-state index contributed by atoms with van der Waals surface area (Å²) in [5, 5.41) is 10.9. The number of hydrogen-bond acceptors (Lipinski definition) is 7. The van der Waals surface area contributed by atoms with Crippen LogP contribution in [0.5, 0.6) is 0 Å². The molecule has 0 fully saturated rings. The fourth-order valence-corrected chi connectivity index (χ4v) is 2.67. The summed E-state index contributed by atoms with van der Waals surface area (Å²) in [5.41, 5.74) is 2.23. The number of unbranched alkanes of at least 4 members (excludes halogenated alkanes) is 1. The number of hydrazine groups is 1. The van der Waals surface area contributed by atoms with E-state index < -0.39 is 17.8 Å². The zero-order valence-electron chi connectivity index (χ0n) is 18.7. The first-order valence-electron chi connectivity index (χ1n) is 10.2. The number of aromatic nitrogens is 1. The maximum Gasteiger partial charge on any atom is 0.410 e. The Kier molecular flexibility index (Phi) is 10.5. The molecule has 1 heterocycles. The van der Waals surface area contributed by atoms with E-state index in [2.05, 4.69) is 15.7 Å². The molecule has 0 aliphatic heterocycles. The van der Waals surface area contributed by atoms with Crippen LogP contribution in [0.25, 0.3) is 0 Å². The van der Waals surface area contributed by atoms with Gasteiger partial charge in [0.05, 0.1) is 5.56 Å². The van der Waals surface area contributed by atoms with Gasteiger partial charge in [0.25, 0.3) is 5.91 Å². The zero-order valence-corrected chi connectivity index (χ0v) is 18.7. The molecule has 174 valence electrons. The number of pyridine rings is 1. The van der Waals surface area contributed by atoms with Crippen molar-refractivity contribution in [3.05, 3.63) is 23.9 Å². The van der Waals surface area contributed by atoms with Crippen LogP contribution in [-0.2, 0) is 4.74 Å². The number of anilines is 1. The number of nitrogens with two attached hydrogens (primary N) is 1. The molecule has 3 amide bonds. The van der Waals surface area contributed by atoms with Crippen molar-refractivity contribution in [2.45, 2.75) is 45.6 Å². The number of hydrogen-bond donors (Lipinski definition) is 4. The van der Waals surface area contributed by atoms with Gasteiger partial charge in [0.2, 0.25) is 0 Å². The summed E-state index contributed by atoms with van der Waals surface area (Å²) in [7, 11) is 1.69. The summed E-state index contributed by atoms with van der Waals surface area (Å²) in [6.07, 6.45) is 1.74. The van der Waals surface area contributed by atoms with E-state index in [1.807, 2.05) is 0 Å². The Morgan fingerprint density at radius 2 is 1.81 bits per heavy atom. The Balaban J connectivity index is 2.57. The average molecular weight is 439 g/mol. The maximum absolute atomic E-state index is 12.5. The number of ether oxygens (including phenoxy) is 1. The Hall–Kier alpha value is -3.08. The van der Waals surface area contributed by atoms with Crippen molar-refractivity contribution < 1.29 is 24.2 Å². The highest BCUT2D eigenvalue weighted by Gasteiger charge is 2.22. The number of carboxylic acid groups (broad SMARTS) is 1. The SMILES string of the molecule is CN(CCCN(CCCCNC(=O)O)C(=O)OC(C)(C)C)C(=O)c1ccc(NN)nc1. The number of amides is 3. The fraction of sp³-hybridized carbons (Fsp3) is 0.600. The van der Waals surface area contributed by atoms with Gasteiger partial charge in [-0.15, -0.1) is 0 Å². The first-order valence-corrected chi connectivity index (χ1v) is 10.2. The van der Waals surface area contributed by atoms with Gasteiger partial charge >= 0.3 is 12.2 Å². The minimum atomic E-state index is -1.07. The normalized spacial score (nSPS) is 10.9. The molecule has 11 nitrogen and oxygen atoms in total. The molecule has 5 N–H and O–H groups in total. The Bertz CT molecular complexity index is 720. The topological polar surface area (TPSA) is 150 Å². The smallest absolute Gasteiger partial charge is 0.410 e. The summed E-state index contributed by atoms with van der Waals surface area (Å²) in [6, 6.07) is 3.25. The molecule has 0 saturated heterocycles. The third-order valence-electron chi connectivity index (χ3n) is 4.21. The van der Waals surface area contributed by atoms with Gasteiger partial charge in [-0.2, -0.15) is 0 Å². The van der Waals surface area contributed by atoms with Crippen LogP contribution in [-0.4, -0.2) is 76.8 Å². The summed E-state index contributed by atoms with van der Waals surface area (Å²) in [4.78, 5) is 42.7. The highest BCUT2D eigenvalue weighted by molar-refractivity contribution is 5.93. The van der Waals surface area contributed by atoms with E-state index in [1.54, 1.807) is 49.8 Å². The third kappa shape index (κ3) is 10.5. The Morgan fingerprint density at radius 1 is 1.13 bits per heavy atom. The van der Waals surface area contributed by atoms with Crippen LogP contribution >= 0.6 is 0 Å². The first kappa shape index (κ1) is 26.0. The lowest BCUT2D eigenvalue weighted by atomic mass is 10.2. The van der Waals surface area contributed by atoms with Crippen molar-refractivity contribution in [1.29, 1.82) is 0 Å². The van der Waals surface area contributed by atoms with Gasteiger partial charge in [-0.25, -0.2) is 20.4 Å². The van der Waals surface area contributed by atoms with Crippen LogP contribution in [0.2, 0.25) is 0 Å². The van der Waals surface area contributed by atoms with Crippen molar-refractivity contribution in [3.8, 4) is 0 Å². The summed E-state index contributed by atoms with van der Waals surface area (Å²) in [6.45, 7) is 7.00. The molecule has 0 radical (unpaired) electrons. The van der Waals surface area contributed by atoms with E-state index in [-0.39, 0.29) is 5.91 Å². The molecule has 1 rings (SSSR count). The van der Waals surface area contributed by atoms with Crippen LogP contribution in [0, 0.1) is 0 Å². The van der Waals surface area contributed by atoms with Crippen LogP contribution < -0.4 is 16.6 Å². The number of nitrogens with one attached hydrogen (secondary N) is 2. The number of carbonyl (C=O) groups is 3. The Labute approximate surface area is 182 Å². The van der Waals surface area contributed by atoms with Gasteiger partial charge in [0.15, 0.2) is 0 Å². The molecule has 0 aliphatic rings. The molecule has 0 atom stereocenters. The monoisotopic (exact) mass is 438 g/mol. The minimum Gasteiger partial charge on any atom is -0.465 e. The van der Waals surface area contributed by atoms with Crippen LogP contribution in [0.1, 0.15) is 50.4 Å². The zero-order chi connectivity index (χ0) is 23.4. The second kappa shape index (κ2) is 12.6. The first-order chi connectivity index (χ1) is 14.5. The molecule has 0 aromatic carbocycles. The van der Waals surface area contributed by atoms with Crippen molar-refractivity contribution in [2.24, 2.45) is 5.84 Å². The largest absolute Gasteiger partial charge is 0.465 e. The highest BCUT2D eigenvalue weighted by atomic mass is 16.6. The van der Waals surface area contributed by atoms with Crippen LogP contribution in [0.4, 0.5) is 15.4 Å². The second-order valence-corrected chi connectivity index (χ2v) is 8.06. The van der Waals surface area contributed by atoms with Crippen LogP contribution in [0.3, 0.4) is 0 Å². The van der Waals surface area contributed by atoms with E-state index >= 15 is 0 Å². The molecule has 0 aliphatic carbocycles. The maximum atomic E-state index is 12.5. The molecule has 31 heavy (non-hydrogen) atoms. The lowest BCUT2D eigenvalue weighted by Crippen LogP contribution is -2.39. The second-order valence-electron chi connectivity index (χ2n) is 8.06. The number of rotatable bonds is 11. The molecule has 0 spiro atoms. The van der Waals surface area contributed by atoms with E-state index in [9.17, 15) is 14.4 Å². The molecule has 0 saturated carbocycles. The van der Waals surface area contributed by atoms with Gasteiger partial charge in [0.1, 0.15) is 11.4 Å². The van der Waals surface area contributed by atoms with Crippen molar-refractivity contribution in [2.75, 3.05) is 38.7 Å². The predicted molar refractivity (Wildman–Crippen MR) is 117 cm³/mol. The highest BCUT2D eigenvalue weighted by Crippen LogP contribution is 2.12. The number of carbonyl (C=O) groups excluding carboxylic acids is 2. The van der Waals surface area contributed by atoms with E-state index in [0.717, 1.165) is 0 Å². The summed E-state index contributed by atoms with van der Waals surface area (Å²) in [5.74, 6) is 5.56. The van der Waals surface area contributed by atoms with Gasteiger partial charge in [-0.3, -0.25) is 4.79 Å². The Morgan fingerprint density at radius 3 is 2.35 bits per heavy atom. The quantitative estimate of drug-likeness (QED) is 0.233. The minimum absolute atomic E-state index is 0.181. The molecule has 11 heteroatoms. The van der Waals surface area contributed by atoms with E-state index in [0.29, 0.717) is 56.8 Å². The van der Waals surface area contributed by atoms with E-state index in [4.69, 9.17) is 15.7 Å². The summed E-state index contributed by atoms with van der Waals surface area (Å²) < 4.78 is 5.46. The molecule has 0 bridgehead atoms. The van der Waals surface area contributed by atoms with Crippen molar-refractivity contribution >= 4 is 23.9 Å². The van der Waals surface area contributed by atoms with Crippen LogP contribution in [0.15, 0.2) is 18.3 Å². The predicted octanol–water partition coefficient (Wildman–Crippen LogP) is 2.11. The standard InChI is InChI=1S/C20H34N6O5/c1-20(2,3)31-19(30)26(12-6-5-10-22-18(28)29)13-7-11-25(4)17(27)15-8-9-16(24-21)23-14-15/h8-9,14,22H,5-7,10-13,21H2,1-4H3,(H,23,24)(H,28,29). The molecule has 1 aromatic rings. The summed E-state index contributed by atoms with van der Waals surface area (Å²) >= 11 is 0. The number of nitrogen functional groups attached to an aromatic ring is 1. The number of nitrogens with zero attached hydrogens (tertiary/aromatic N) is 3. The average Bonchev–Trinajstić information content (AvgIpc) is 2.70. The third-order valence-corrected chi connectivity index (χ3v) is 4.21. The molecular weight excluding hydrogens is 404 g/mol.